The van der Waals surface area contributed by atoms with Gasteiger partial charge in [-0.1, -0.05) is 12.1 Å². The van der Waals surface area contributed by atoms with Gasteiger partial charge in [-0.2, -0.15) is 0 Å². The van der Waals surface area contributed by atoms with Gasteiger partial charge in [0, 0.05) is 18.5 Å². The number of pyridine rings is 1. The lowest BCUT2D eigenvalue weighted by molar-refractivity contribution is 0.0467. The highest BCUT2D eigenvalue weighted by atomic mass is 32.2. The Morgan fingerprint density at radius 1 is 1.15 bits per heavy atom. The van der Waals surface area contributed by atoms with Crippen molar-refractivity contribution in [1.82, 2.24) is 9.38 Å². The molecule has 0 aliphatic heterocycles. The molecule has 7 nitrogen and oxygen atoms in total. The lowest BCUT2D eigenvalue weighted by Crippen LogP contribution is -2.16. The standard InChI is InChI=1S/C19H18N2O5S/c1-13-7-8-21-17(9-13)20-16(10-18(21)22)11-26-19(23)15-5-3-14(4-6-15)12-27(2,24)25/h3-10H,11-12H2,1-2H3. The lowest BCUT2D eigenvalue weighted by atomic mass is 10.1. The van der Waals surface area contributed by atoms with Crippen molar-refractivity contribution in [2.24, 2.45) is 0 Å². The van der Waals surface area contributed by atoms with Crippen LogP contribution < -0.4 is 5.56 Å². The third-order valence-corrected chi connectivity index (χ3v) is 4.70. The second-order valence-electron chi connectivity index (χ2n) is 6.36. The van der Waals surface area contributed by atoms with Gasteiger partial charge >= 0.3 is 5.97 Å². The molecule has 0 amide bonds. The number of carbonyl (C=O) groups is 1. The van der Waals surface area contributed by atoms with Crippen LogP contribution in [0.1, 0.15) is 27.2 Å². The zero-order valence-electron chi connectivity index (χ0n) is 14.9. The highest BCUT2D eigenvalue weighted by Crippen LogP contribution is 2.10. The summed E-state index contributed by atoms with van der Waals surface area (Å²) in [5, 5.41) is 0. The molecular weight excluding hydrogens is 368 g/mol. The summed E-state index contributed by atoms with van der Waals surface area (Å²) >= 11 is 0. The summed E-state index contributed by atoms with van der Waals surface area (Å²) in [5.74, 6) is -0.667. The van der Waals surface area contributed by atoms with Crippen LogP contribution in [0.25, 0.3) is 5.65 Å². The normalized spacial score (nSPS) is 11.5. The number of carbonyl (C=O) groups excluding carboxylic acids is 1. The van der Waals surface area contributed by atoms with E-state index in [1.165, 1.54) is 22.6 Å². The average molecular weight is 386 g/mol. The van der Waals surface area contributed by atoms with Crippen LogP contribution in [0, 0.1) is 6.92 Å². The topological polar surface area (TPSA) is 94.8 Å². The Balaban J connectivity index is 1.72. The number of sulfone groups is 1. The Morgan fingerprint density at radius 2 is 1.85 bits per heavy atom. The van der Waals surface area contributed by atoms with E-state index in [1.54, 1.807) is 24.4 Å². The number of benzene rings is 1. The number of rotatable bonds is 5. The Morgan fingerprint density at radius 3 is 2.52 bits per heavy atom. The van der Waals surface area contributed by atoms with E-state index >= 15 is 0 Å². The van der Waals surface area contributed by atoms with Gasteiger partial charge in [-0.05, 0) is 42.3 Å². The van der Waals surface area contributed by atoms with Crippen molar-refractivity contribution in [1.29, 1.82) is 0 Å². The first kappa shape index (κ1) is 18.8. The third-order valence-electron chi connectivity index (χ3n) is 3.85. The summed E-state index contributed by atoms with van der Waals surface area (Å²) in [4.78, 5) is 28.6. The second kappa shape index (κ2) is 7.32. The fourth-order valence-electron chi connectivity index (χ4n) is 2.59. The molecule has 1 aromatic carbocycles. The Hall–Kier alpha value is -3.00. The number of nitrogens with zero attached hydrogens (tertiary/aromatic N) is 2. The van der Waals surface area contributed by atoms with E-state index in [2.05, 4.69) is 4.98 Å². The number of hydrogen-bond donors (Lipinski definition) is 0. The van der Waals surface area contributed by atoms with Crippen LogP contribution in [0.4, 0.5) is 0 Å². The van der Waals surface area contributed by atoms with Crippen LogP contribution in [0.15, 0.2) is 53.5 Å². The maximum atomic E-state index is 12.2. The minimum absolute atomic E-state index is 0.0906. The molecule has 0 saturated heterocycles. The predicted molar refractivity (Wildman–Crippen MR) is 100 cm³/mol. The van der Waals surface area contributed by atoms with E-state index in [0.29, 0.717) is 22.5 Å². The first-order valence-electron chi connectivity index (χ1n) is 8.14. The summed E-state index contributed by atoms with van der Waals surface area (Å²) in [6.45, 7) is 1.76. The number of hydrogen-bond acceptors (Lipinski definition) is 6. The highest BCUT2D eigenvalue weighted by Gasteiger charge is 2.11. The summed E-state index contributed by atoms with van der Waals surface area (Å²) in [6.07, 6.45) is 2.80. The fourth-order valence-corrected chi connectivity index (χ4v) is 3.39. The molecule has 3 aromatic rings. The van der Waals surface area contributed by atoms with Crippen molar-refractivity contribution in [3.63, 3.8) is 0 Å². The van der Waals surface area contributed by atoms with Crippen molar-refractivity contribution in [3.8, 4) is 0 Å². The van der Waals surface area contributed by atoms with Crippen LogP contribution >= 0.6 is 0 Å². The Bertz CT molecular complexity index is 1160. The van der Waals surface area contributed by atoms with Gasteiger partial charge in [0.15, 0.2) is 9.84 Å². The fraction of sp³-hybridized carbons (Fsp3) is 0.211. The molecule has 0 N–H and O–H groups in total. The van der Waals surface area contributed by atoms with Gasteiger partial charge in [0.1, 0.15) is 12.3 Å². The number of aryl methyl sites for hydroxylation is 1. The minimum Gasteiger partial charge on any atom is -0.456 e. The number of esters is 1. The van der Waals surface area contributed by atoms with Gasteiger partial charge in [0.25, 0.3) is 5.56 Å². The molecule has 140 valence electrons. The van der Waals surface area contributed by atoms with Crippen molar-refractivity contribution in [3.05, 3.63) is 81.4 Å². The van der Waals surface area contributed by atoms with Gasteiger partial charge in [-0.3, -0.25) is 9.20 Å². The molecule has 2 heterocycles. The molecule has 2 aromatic heterocycles. The van der Waals surface area contributed by atoms with Gasteiger partial charge in [0.05, 0.1) is 17.0 Å². The quantitative estimate of drug-likeness (QED) is 0.622. The molecule has 0 aliphatic carbocycles. The number of ether oxygens (including phenoxy) is 1. The molecule has 3 rings (SSSR count). The lowest BCUT2D eigenvalue weighted by Gasteiger charge is -2.07. The monoisotopic (exact) mass is 386 g/mol. The molecule has 0 saturated carbocycles. The Kier molecular flexibility index (Phi) is 5.09. The molecule has 0 unspecified atom stereocenters. The summed E-state index contributed by atoms with van der Waals surface area (Å²) in [6, 6.07) is 11.1. The predicted octanol–water partition coefficient (Wildman–Crippen LogP) is 1.90. The van der Waals surface area contributed by atoms with Gasteiger partial charge < -0.3 is 4.74 Å². The first-order valence-corrected chi connectivity index (χ1v) is 10.2. The van der Waals surface area contributed by atoms with E-state index in [-0.39, 0.29) is 17.9 Å². The van der Waals surface area contributed by atoms with Crippen LogP contribution in [0.2, 0.25) is 0 Å². The van der Waals surface area contributed by atoms with E-state index < -0.39 is 15.8 Å². The van der Waals surface area contributed by atoms with E-state index in [9.17, 15) is 18.0 Å². The van der Waals surface area contributed by atoms with Crippen LogP contribution in [0.5, 0.6) is 0 Å². The number of aromatic nitrogens is 2. The maximum absolute atomic E-state index is 12.2. The zero-order chi connectivity index (χ0) is 19.6. The maximum Gasteiger partial charge on any atom is 0.338 e. The van der Waals surface area contributed by atoms with Gasteiger partial charge in [-0.25, -0.2) is 18.2 Å². The van der Waals surface area contributed by atoms with Crippen LogP contribution in [-0.2, 0) is 26.9 Å². The summed E-state index contributed by atoms with van der Waals surface area (Å²) in [7, 11) is -3.14. The van der Waals surface area contributed by atoms with Crippen molar-refractivity contribution in [2.45, 2.75) is 19.3 Å². The largest absolute Gasteiger partial charge is 0.456 e. The summed E-state index contributed by atoms with van der Waals surface area (Å²) < 4.78 is 29.2. The molecule has 0 fully saturated rings. The van der Waals surface area contributed by atoms with Gasteiger partial charge in [0.2, 0.25) is 0 Å². The van der Waals surface area contributed by atoms with E-state index in [4.69, 9.17) is 4.74 Å². The van der Waals surface area contributed by atoms with Crippen LogP contribution in [0.3, 0.4) is 0 Å². The SMILES string of the molecule is Cc1ccn2c(=O)cc(COC(=O)c3ccc(CS(C)(=O)=O)cc3)nc2c1. The molecule has 0 spiro atoms. The average Bonchev–Trinajstić information content (AvgIpc) is 2.58. The molecule has 8 heteroatoms. The van der Waals surface area contributed by atoms with Crippen molar-refractivity contribution < 1.29 is 17.9 Å². The van der Waals surface area contributed by atoms with Crippen LogP contribution in [-0.4, -0.2) is 30.0 Å². The molecule has 0 aliphatic rings. The summed E-state index contributed by atoms with van der Waals surface area (Å²) in [5.41, 5.74) is 2.43. The second-order valence-corrected chi connectivity index (χ2v) is 8.50. The third kappa shape index (κ3) is 4.79. The molecule has 27 heavy (non-hydrogen) atoms. The Labute approximate surface area is 156 Å². The minimum atomic E-state index is -3.14. The smallest absolute Gasteiger partial charge is 0.338 e. The molecular formula is C19H18N2O5S. The van der Waals surface area contributed by atoms with E-state index in [1.807, 2.05) is 13.0 Å². The van der Waals surface area contributed by atoms with Gasteiger partial charge in [-0.15, -0.1) is 0 Å². The van der Waals surface area contributed by atoms with E-state index in [0.717, 1.165) is 11.8 Å². The molecule has 0 bridgehead atoms. The first-order chi connectivity index (χ1) is 12.7. The zero-order valence-corrected chi connectivity index (χ0v) is 15.7. The van der Waals surface area contributed by atoms with Crippen molar-refractivity contribution >= 4 is 21.5 Å². The molecule has 0 radical (unpaired) electrons. The molecule has 0 atom stereocenters. The highest BCUT2D eigenvalue weighted by molar-refractivity contribution is 7.89. The van der Waals surface area contributed by atoms with Crippen molar-refractivity contribution in [2.75, 3.05) is 6.26 Å². The number of fused-ring (bicyclic) bond motifs is 1.